The van der Waals surface area contributed by atoms with Crippen LogP contribution in [0.5, 0.6) is 17.2 Å². The van der Waals surface area contributed by atoms with E-state index in [1.165, 1.54) is 11.8 Å². The molecule has 1 aromatic carbocycles. The van der Waals surface area contributed by atoms with Crippen LogP contribution in [0.3, 0.4) is 0 Å². The molecule has 10 heteroatoms. The molecule has 0 unspecified atom stereocenters. The summed E-state index contributed by atoms with van der Waals surface area (Å²) in [7, 11) is 4.68. The number of furan rings is 1. The van der Waals surface area contributed by atoms with Crippen molar-refractivity contribution in [2.75, 3.05) is 27.1 Å². The van der Waals surface area contributed by atoms with Gasteiger partial charge in [0.15, 0.2) is 16.7 Å². The van der Waals surface area contributed by atoms with E-state index < -0.39 is 0 Å². The summed E-state index contributed by atoms with van der Waals surface area (Å²) >= 11 is 1.37. The molecule has 0 bridgehead atoms. The minimum Gasteiger partial charge on any atom is -0.493 e. The highest BCUT2D eigenvalue weighted by Gasteiger charge is 2.30. The van der Waals surface area contributed by atoms with Gasteiger partial charge < -0.3 is 23.9 Å². The highest BCUT2D eigenvalue weighted by Crippen LogP contribution is 2.40. The number of methoxy groups -OCH3 is 3. The molecule has 0 spiro atoms. The SMILES string of the molecule is COc1cc(CNC(=O)CSc2nnc(C3CC3)n2Cc2ccco2)cc(OC)c1OC. The second-order valence-electron chi connectivity index (χ2n) is 7.38. The Labute approximate surface area is 190 Å². The van der Waals surface area contributed by atoms with Gasteiger partial charge in [-0.15, -0.1) is 10.2 Å². The molecule has 1 fully saturated rings. The van der Waals surface area contributed by atoms with Crippen molar-refractivity contribution in [3.05, 3.63) is 47.7 Å². The van der Waals surface area contributed by atoms with Gasteiger partial charge >= 0.3 is 0 Å². The summed E-state index contributed by atoms with van der Waals surface area (Å²) < 4.78 is 23.6. The van der Waals surface area contributed by atoms with E-state index in [-0.39, 0.29) is 11.7 Å². The van der Waals surface area contributed by atoms with Crippen molar-refractivity contribution in [3.8, 4) is 17.2 Å². The predicted octanol–water partition coefficient (Wildman–Crippen LogP) is 3.23. The first-order valence-corrected chi connectivity index (χ1v) is 11.2. The normalized spacial score (nSPS) is 13.1. The fraction of sp³-hybridized carbons (Fsp3) is 0.409. The van der Waals surface area contributed by atoms with Crippen LogP contribution in [-0.2, 0) is 17.9 Å². The number of thioether (sulfide) groups is 1. The number of nitrogens with zero attached hydrogens (tertiary/aromatic N) is 3. The third-order valence-electron chi connectivity index (χ3n) is 5.13. The largest absolute Gasteiger partial charge is 0.493 e. The standard InChI is InChI=1S/C22H26N4O5S/c1-28-17-9-14(10-18(29-2)20(17)30-3)11-23-19(27)13-32-22-25-24-21(15-6-7-15)26(22)12-16-5-4-8-31-16/h4-5,8-10,15H,6-7,11-13H2,1-3H3,(H,23,27). The Morgan fingerprint density at radius 1 is 1.19 bits per heavy atom. The topological polar surface area (TPSA) is 101 Å². The Balaban J connectivity index is 1.38. The molecular weight excluding hydrogens is 432 g/mol. The average Bonchev–Trinajstić information content (AvgIpc) is 3.38. The van der Waals surface area contributed by atoms with Crippen molar-refractivity contribution in [3.63, 3.8) is 0 Å². The molecule has 9 nitrogen and oxygen atoms in total. The molecule has 0 aliphatic heterocycles. The molecule has 0 saturated heterocycles. The van der Waals surface area contributed by atoms with Gasteiger partial charge in [-0.05, 0) is 42.7 Å². The lowest BCUT2D eigenvalue weighted by Gasteiger charge is -2.14. The number of carbonyl (C=O) groups excluding carboxylic acids is 1. The first-order valence-electron chi connectivity index (χ1n) is 10.3. The van der Waals surface area contributed by atoms with E-state index >= 15 is 0 Å². The first kappa shape index (κ1) is 22.1. The van der Waals surface area contributed by atoms with Crippen LogP contribution in [-0.4, -0.2) is 47.8 Å². The van der Waals surface area contributed by atoms with Crippen LogP contribution in [0.2, 0.25) is 0 Å². The van der Waals surface area contributed by atoms with Crippen LogP contribution in [0.25, 0.3) is 0 Å². The second-order valence-corrected chi connectivity index (χ2v) is 8.32. The number of carbonyl (C=O) groups is 1. The number of nitrogens with one attached hydrogen (secondary N) is 1. The summed E-state index contributed by atoms with van der Waals surface area (Å²) in [6, 6.07) is 7.42. The minimum absolute atomic E-state index is 0.107. The lowest BCUT2D eigenvalue weighted by atomic mass is 10.2. The number of rotatable bonds is 11. The van der Waals surface area contributed by atoms with Crippen molar-refractivity contribution >= 4 is 17.7 Å². The summed E-state index contributed by atoms with van der Waals surface area (Å²) in [5, 5.41) is 12.3. The van der Waals surface area contributed by atoms with E-state index in [0.717, 1.165) is 30.0 Å². The third kappa shape index (κ3) is 5.01. The molecule has 2 aromatic heterocycles. The summed E-state index contributed by atoms with van der Waals surface area (Å²) in [6.45, 7) is 0.893. The van der Waals surface area contributed by atoms with E-state index in [2.05, 4.69) is 15.5 Å². The number of hydrogen-bond acceptors (Lipinski definition) is 8. The van der Waals surface area contributed by atoms with Gasteiger partial charge in [-0.1, -0.05) is 11.8 Å². The number of ether oxygens (including phenoxy) is 3. The zero-order valence-electron chi connectivity index (χ0n) is 18.3. The van der Waals surface area contributed by atoms with E-state index in [9.17, 15) is 4.79 Å². The van der Waals surface area contributed by atoms with E-state index in [1.807, 2.05) is 28.8 Å². The van der Waals surface area contributed by atoms with Gasteiger partial charge in [-0.2, -0.15) is 0 Å². The fourth-order valence-corrected chi connectivity index (χ4v) is 4.15. The van der Waals surface area contributed by atoms with Crippen LogP contribution in [0.15, 0.2) is 40.1 Å². The van der Waals surface area contributed by atoms with E-state index in [1.54, 1.807) is 27.6 Å². The quantitative estimate of drug-likeness (QED) is 0.437. The van der Waals surface area contributed by atoms with Crippen molar-refractivity contribution in [2.24, 2.45) is 0 Å². The Morgan fingerprint density at radius 2 is 1.94 bits per heavy atom. The van der Waals surface area contributed by atoms with E-state index in [0.29, 0.717) is 41.4 Å². The Bertz CT molecular complexity index is 1040. The summed E-state index contributed by atoms with van der Waals surface area (Å²) in [6.07, 6.45) is 3.90. The van der Waals surface area contributed by atoms with Crippen LogP contribution < -0.4 is 19.5 Å². The molecule has 1 aliphatic rings. The average molecular weight is 459 g/mol. The smallest absolute Gasteiger partial charge is 0.230 e. The molecule has 170 valence electrons. The predicted molar refractivity (Wildman–Crippen MR) is 118 cm³/mol. The molecule has 1 aliphatic carbocycles. The third-order valence-corrected chi connectivity index (χ3v) is 6.10. The molecule has 1 amide bonds. The van der Waals surface area contributed by atoms with Gasteiger partial charge in [0.1, 0.15) is 11.6 Å². The van der Waals surface area contributed by atoms with Crippen molar-refractivity contribution < 1.29 is 23.4 Å². The maximum atomic E-state index is 12.5. The molecule has 1 saturated carbocycles. The second kappa shape index (κ2) is 9.99. The molecule has 1 N–H and O–H groups in total. The minimum atomic E-state index is -0.107. The van der Waals surface area contributed by atoms with Gasteiger partial charge in [0.25, 0.3) is 0 Å². The van der Waals surface area contributed by atoms with Crippen molar-refractivity contribution in [1.82, 2.24) is 20.1 Å². The maximum absolute atomic E-state index is 12.5. The van der Waals surface area contributed by atoms with Crippen LogP contribution >= 0.6 is 11.8 Å². The lowest BCUT2D eigenvalue weighted by molar-refractivity contribution is -0.118. The van der Waals surface area contributed by atoms with Gasteiger partial charge in [-0.25, -0.2) is 0 Å². The number of aromatic nitrogens is 3. The Hall–Kier alpha value is -3.14. The molecular formula is C22H26N4O5S. The summed E-state index contributed by atoms with van der Waals surface area (Å²) in [5.41, 5.74) is 0.842. The molecule has 0 radical (unpaired) electrons. The number of benzene rings is 1. The van der Waals surface area contributed by atoms with E-state index in [4.69, 9.17) is 18.6 Å². The van der Waals surface area contributed by atoms with Crippen molar-refractivity contribution in [1.29, 1.82) is 0 Å². The fourth-order valence-electron chi connectivity index (χ4n) is 3.38. The van der Waals surface area contributed by atoms with Gasteiger partial charge in [0.2, 0.25) is 11.7 Å². The molecule has 2 heterocycles. The summed E-state index contributed by atoms with van der Waals surface area (Å²) in [4.78, 5) is 12.5. The number of hydrogen-bond donors (Lipinski definition) is 1. The Morgan fingerprint density at radius 3 is 2.53 bits per heavy atom. The molecule has 4 rings (SSSR count). The Kier molecular flexibility index (Phi) is 6.89. The monoisotopic (exact) mass is 458 g/mol. The molecule has 32 heavy (non-hydrogen) atoms. The van der Waals surface area contributed by atoms with Crippen LogP contribution in [0.4, 0.5) is 0 Å². The van der Waals surface area contributed by atoms with Crippen molar-refractivity contribution in [2.45, 2.75) is 37.0 Å². The highest BCUT2D eigenvalue weighted by atomic mass is 32.2. The lowest BCUT2D eigenvalue weighted by Crippen LogP contribution is -2.24. The number of amides is 1. The zero-order chi connectivity index (χ0) is 22.5. The van der Waals surface area contributed by atoms with Gasteiger partial charge in [0.05, 0.1) is 39.9 Å². The molecule has 0 atom stereocenters. The highest BCUT2D eigenvalue weighted by molar-refractivity contribution is 7.99. The van der Waals surface area contributed by atoms with Crippen LogP contribution in [0, 0.1) is 0 Å². The van der Waals surface area contributed by atoms with Gasteiger partial charge in [0, 0.05) is 12.5 Å². The van der Waals surface area contributed by atoms with Gasteiger partial charge in [-0.3, -0.25) is 9.36 Å². The first-order chi connectivity index (χ1) is 15.6. The zero-order valence-corrected chi connectivity index (χ0v) is 19.1. The molecule has 3 aromatic rings. The summed E-state index contributed by atoms with van der Waals surface area (Å²) in [5.74, 6) is 3.97. The maximum Gasteiger partial charge on any atom is 0.230 e. The van der Waals surface area contributed by atoms with Crippen LogP contribution in [0.1, 0.15) is 35.9 Å².